The van der Waals surface area contributed by atoms with Gasteiger partial charge in [0.25, 0.3) is 0 Å². The standard InChI is InChI=1S/C14H18O2S2/c1-5-11-13(7-9(3)15-11)17-18-14-8-10(4)16-12(14)6-2/h7-8H,5-6H2,1-4H3. The van der Waals surface area contributed by atoms with Crippen LogP contribution >= 0.6 is 21.6 Å². The minimum absolute atomic E-state index is 0.932. The Bertz CT molecular complexity index is 478. The van der Waals surface area contributed by atoms with Crippen molar-refractivity contribution < 1.29 is 8.83 Å². The van der Waals surface area contributed by atoms with Crippen molar-refractivity contribution in [3.8, 4) is 0 Å². The molecule has 0 saturated carbocycles. The van der Waals surface area contributed by atoms with Crippen molar-refractivity contribution in [3.63, 3.8) is 0 Å². The molecule has 2 heterocycles. The van der Waals surface area contributed by atoms with Crippen LogP contribution in [0, 0.1) is 13.8 Å². The van der Waals surface area contributed by atoms with Gasteiger partial charge in [0, 0.05) is 12.8 Å². The van der Waals surface area contributed by atoms with Gasteiger partial charge >= 0.3 is 0 Å². The van der Waals surface area contributed by atoms with Gasteiger partial charge in [-0.15, -0.1) is 0 Å². The largest absolute Gasteiger partial charge is 0.465 e. The molecule has 0 saturated heterocycles. The van der Waals surface area contributed by atoms with Gasteiger partial charge in [-0.05, 0) is 47.6 Å². The number of furan rings is 2. The third kappa shape index (κ3) is 2.98. The summed E-state index contributed by atoms with van der Waals surface area (Å²) in [6.07, 6.45) is 1.86. The highest BCUT2D eigenvalue weighted by Crippen LogP contribution is 2.42. The van der Waals surface area contributed by atoms with Crippen LogP contribution in [0.1, 0.15) is 36.9 Å². The van der Waals surface area contributed by atoms with Gasteiger partial charge in [-0.3, -0.25) is 0 Å². The third-order valence-corrected chi connectivity index (χ3v) is 5.11. The van der Waals surface area contributed by atoms with Crippen LogP contribution in [0.5, 0.6) is 0 Å². The maximum absolute atomic E-state index is 5.66. The molecule has 2 nitrogen and oxygen atoms in total. The molecule has 2 aromatic rings. The predicted octanol–water partition coefficient (Wildman–Crippen LogP) is 5.41. The van der Waals surface area contributed by atoms with Crippen molar-refractivity contribution in [2.75, 3.05) is 0 Å². The van der Waals surface area contributed by atoms with Gasteiger partial charge in [0.05, 0.1) is 9.79 Å². The molecule has 2 aromatic heterocycles. The zero-order valence-electron chi connectivity index (χ0n) is 11.2. The first-order valence-corrected chi connectivity index (χ1v) is 8.32. The fourth-order valence-electron chi connectivity index (χ4n) is 1.80. The maximum atomic E-state index is 5.66. The summed E-state index contributed by atoms with van der Waals surface area (Å²) in [5.41, 5.74) is 0. The normalized spacial score (nSPS) is 11.1. The van der Waals surface area contributed by atoms with Gasteiger partial charge in [0.2, 0.25) is 0 Å². The quantitative estimate of drug-likeness (QED) is 0.685. The Morgan fingerprint density at radius 3 is 1.56 bits per heavy atom. The van der Waals surface area contributed by atoms with E-state index in [1.807, 2.05) is 13.8 Å². The van der Waals surface area contributed by atoms with E-state index < -0.39 is 0 Å². The Morgan fingerprint density at radius 1 is 0.833 bits per heavy atom. The van der Waals surface area contributed by atoms with Gasteiger partial charge in [-0.25, -0.2) is 0 Å². The lowest BCUT2D eigenvalue weighted by atomic mass is 10.3. The lowest BCUT2D eigenvalue weighted by Crippen LogP contribution is -1.77. The summed E-state index contributed by atoms with van der Waals surface area (Å²) in [4.78, 5) is 2.45. The molecule has 98 valence electrons. The van der Waals surface area contributed by atoms with Crippen LogP contribution in [0.15, 0.2) is 30.8 Å². The zero-order valence-corrected chi connectivity index (χ0v) is 12.8. The second kappa shape index (κ2) is 5.93. The summed E-state index contributed by atoms with van der Waals surface area (Å²) in [6.45, 7) is 8.22. The fourth-order valence-corrected chi connectivity index (χ4v) is 4.35. The van der Waals surface area contributed by atoms with Crippen molar-refractivity contribution in [2.24, 2.45) is 0 Å². The van der Waals surface area contributed by atoms with Crippen molar-refractivity contribution in [2.45, 2.75) is 50.3 Å². The highest BCUT2D eigenvalue weighted by atomic mass is 33.1. The van der Waals surface area contributed by atoms with Crippen LogP contribution in [0.2, 0.25) is 0 Å². The smallest absolute Gasteiger partial charge is 0.118 e. The molecule has 0 fully saturated rings. The number of aryl methyl sites for hydroxylation is 4. The Hall–Kier alpha value is -0.740. The molecular formula is C14H18O2S2. The molecule has 4 heteroatoms. The molecule has 0 aliphatic rings. The van der Waals surface area contributed by atoms with E-state index in [-0.39, 0.29) is 0 Å². The average Bonchev–Trinajstić information content (AvgIpc) is 2.89. The first-order chi connectivity index (χ1) is 8.63. The van der Waals surface area contributed by atoms with Gasteiger partial charge in [-0.2, -0.15) is 0 Å². The second-order valence-corrected chi connectivity index (χ2v) is 6.38. The molecule has 0 aliphatic heterocycles. The van der Waals surface area contributed by atoms with Crippen LogP contribution in [-0.2, 0) is 12.8 Å². The highest BCUT2D eigenvalue weighted by molar-refractivity contribution is 8.76. The summed E-state index contributed by atoms with van der Waals surface area (Å²) in [5, 5.41) is 0. The SMILES string of the molecule is CCc1oc(C)cc1SSc1cc(C)oc1CC. The molecule has 2 rings (SSSR count). The maximum Gasteiger partial charge on any atom is 0.118 e. The van der Waals surface area contributed by atoms with E-state index in [1.165, 1.54) is 9.79 Å². The van der Waals surface area contributed by atoms with Gasteiger partial charge in [0.15, 0.2) is 0 Å². The Morgan fingerprint density at radius 2 is 1.22 bits per heavy atom. The van der Waals surface area contributed by atoms with E-state index in [1.54, 1.807) is 21.6 Å². The molecular weight excluding hydrogens is 264 g/mol. The Balaban J connectivity index is 2.10. The van der Waals surface area contributed by atoms with Crippen molar-refractivity contribution >= 4 is 21.6 Å². The molecule has 18 heavy (non-hydrogen) atoms. The first kappa shape index (κ1) is 13.7. The lowest BCUT2D eigenvalue weighted by Gasteiger charge is -1.99. The molecule has 0 spiro atoms. The van der Waals surface area contributed by atoms with Gasteiger partial charge in [0.1, 0.15) is 23.0 Å². The zero-order chi connectivity index (χ0) is 13.1. The summed E-state index contributed by atoms with van der Waals surface area (Å²) in [5.74, 6) is 4.11. The molecule has 0 N–H and O–H groups in total. The van der Waals surface area contributed by atoms with E-state index in [4.69, 9.17) is 8.83 Å². The fraction of sp³-hybridized carbons (Fsp3) is 0.429. The molecule has 0 atom stereocenters. The van der Waals surface area contributed by atoms with Crippen LogP contribution in [0.3, 0.4) is 0 Å². The molecule has 0 aliphatic carbocycles. The van der Waals surface area contributed by atoms with Crippen molar-refractivity contribution in [1.82, 2.24) is 0 Å². The van der Waals surface area contributed by atoms with E-state index in [9.17, 15) is 0 Å². The topological polar surface area (TPSA) is 26.3 Å². The summed E-state index contributed by atoms with van der Waals surface area (Å²) >= 11 is 0. The molecule has 0 bridgehead atoms. The third-order valence-electron chi connectivity index (χ3n) is 2.65. The summed E-state index contributed by atoms with van der Waals surface area (Å²) < 4.78 is 11.3. The lowest BCUT2D eigenvalue weighted by molar-refractivity contribution is 0.481. The molecule has 0 amide bonds. The molecule has 0 radical (unpaired) electrons. The Labute approximate surface area is 116 Å². The van der Waals surface area contributed by atoms with E-state index in [0.717, 1.165) is 35.9 Å². The van der Waals surface area contributed by atoms with E-state index >= 15 is 0 Å². The molecule has 0 aromatic carbocycles. The van der Waals surface area contributed by atoms with E-state index in [2.05, 4.69) is 26.0 Å². The summed E-state index contributed by atoms with van der Waals surface area (Å²) in [6, 6.07) is 4.21. The minimum Gasteiger partial charge on any atom is -0.465 e. The number of hydrogen-bond donors (Lipinski definition) is 0. The monoisotopic (exact) mass is 282 g/mol. The van der Waals surface area contributed by atoms with E-state index in [0.29, 0.717) is 0 Å². The van der Waals surface area contributed by atoms with Crippen LogP contribution in [0.25, 0.3) is 0 Å². The number of rotatable bonds is 5. The second-order valence-electron chi connectivity index (χ2n) is 4.16. The van der Waals surface area contributed by atoms with Crippen molar-refractivity contribution in [3.05, 3.63) is 35.2 Å². The minimum atomic E-state index is 0.932. The van der Waals surface area contributed by atoms with Crippen molar-refractivity contribution in [1.29, 1.82) is 0 Å². The predicted molar refractivity (Wildman–Crippen MR) is 77.4 cm³/mol. The first-order valence-electron chi connectivity index (χ1n) is 6.17. The molecule has 0 unspecified atom stereocenters. The highest BCUT2D eigenvalue weighted by Gasteiger charge is 2.12. The van der Waals surface area contributed by atoms with Crippen LogP contribution < -0.4 is 0 Å². The number of hydrogen-bond acceptors (Lipinski definition) is 4. The summed E-state index contributed by atoms with van der Waals surface area (Å²) in [7, 11) is 3.50. The average molecular weight is 282 g/mol. The van der Waals surface area contributed by atoms with Crippen LogP contribution in [-0.4, -0.2) is 0 Å². The van der Waals surface area contributed by atoms with Gasteiger partial charge in [-0.1, -0.05) is 13.8 Å². The van der Waals surface area contributed by atoms with Crippen LogP contribution in [0.4, 0.5) is 0 Å². The Kier molecular flexibility index (Phi) is 4.51. The van der Waals surface area contributed by atoms with Gasteiger partial charge < -0.3 is 8.83 Å².